The number of nitrogens with zero attached hydrogens (tertiary/aromatic N) is 8. The van der Waals surface area contributed by atoms with Crippen molar-refractivity contribution in [2.24, 2.45) is 0 Å². The van der Waals surface area contributed by atoms with Crippen LogP contribution in [0.2, 0.25) is 20.1 Å². The van der Waals surface area contributed by atoms with Gasteiger partial charge in [0.1, 0.15) is 5.82 Å². The molecule has 0 fully saturated rings. The third-order valence-electron chi connectivity index (χ3n) is 16.3. The number of anilines is 5. The SMILES string of the molecule is COCCNc1ccc(C(=O)Nc2ccc(Cl)c(-c3ccccn3)c2)c(C)n1.C[C@@H](O)CNS(=O)(=O)c1ccc(C(=O)Nc2ccc(Cl)c(-c3ccccn3)c2)cc1.C[C@H](O)CNS(=O)(=O)c1ccc(C(=O)Nc2ccc(Cl)c(-c3ccccn3)c2)cc1.O=C(Nc1ccc(Cl)c(-c2ccccn2)c1)c1ccc(-n2cccn2)nc1. The Labute approximate surface area is 683 Å². The molecule has 0 saturated heterocycles. The lowest BCUT2D eigenvalue weighted by atomic mass is 10.1. The van der Waals surface area contributed by atoms with Gasteiger partial charge in [0, 0.05) is 126 Å². The summed E-state index contributed by atoms with van der Waals surface area (Å²) in [7, 11) is -5.88. The van der Waals surface area contributed by atoms with Crippen LogP contribution >= 0.6 is 46.4 Å². The summed E-state index contributed by atoms with van der Waals surface area (Å²) in [5.74, 6) is 0.0532. The van der Waals surface area contributed by atoms with Crippen molar-refractivity contribution in [3.8, 4) is 50.8 Å². The monoisotopic (exact) mass is 1660 g/mol. The number of halogens is 4. The van der Waals surface area contributed by atoms with Crippen LogP contribution in [0.1, 0.15) is 61.0 Å². The molecule has 0 aliphatic heterocycles. The topological polar surface area (TPSA) is 366 Å². The second kappa shape index (κ2) is 41.1. The normalized spacial score (nSPS) is 11.5. The maximum absolute atomic E-state index is 12.7. The molecule has 7 aromatic heterocycles. The summed E-state index contributed by atoms with van der Waals surface area (Å²) in [6.45, 7) is 5.79. The molecule has 7 heterocycles. The van der Waals surface area contributed by atoms with Crippen LogP contribution in [0.25, 0.3) is 50.8 Å². The Balaban J connectivity index is 0.000000162. The van der Waals surface area contributed by atoms with Gasteiger partial charge >= 0.3 is 0 Å². The minimum absolute atomic E-state index is 0.00336. The molecule has 32 heteroatoms. The molecule has 13 aromatic rings. The zero-order valence-corrected chi connectivity index (χ0v) is 66.5. The van der Waals surface area contributed by atoms with Crippen LogP contribution in [0.15, 0.2) is 278 Å². The highest BCUT2D eigenvalue weighted by Gasteiger charge is 2.21. The summed E-state index contributed by atoms with van der Waals surface area (Å²) in [5.41, 5.74) is 10.2. The Hall–Kier alpha value is -12.0. The van der Waals surface area contributed by atoms with E-state index in [1.807, 2.05) is 72.8 Å². The van der Waals surface area contributed by atoms with Gasteiger partial charge in [0.05, 0.1) is 88.3 Å². The molecule has 2 atom stereocenters. The van der Waals surface area contributed by atoms with Crippen LogP contribution in [-0.4, -0.2) is 136 Å². The lowest BCUT2D eigenvalue weighted by Gasteiger charge is -2.11. The quantitative estimate of drug-likeness (QED) is 0.0240. The Morgan fingerprint density at radius 1 is 0.443 bits per heavy atom. The first-order chi connectivity index (χ1) is 55.3. The van der Waals surface area contributed by atoms with Crippen LogP contribution in [0.4, 0.5) is 28.6 Å². The van der Waals surface area contributed by atoms with Crippen molar-refractivity contribution in [3.05, 3.63) is 316 Å². The number of aliphatic hydroxyl groups is 2. The summed E-state index contributed by atoms with van der Waals surface area (Å²) >= 11 is 25.1. The zero-order valence-electron chi connectivity index (χ0n) is 61.9. The first-order valence-corrected chi connectivity index (χ1v) is 39.6. The number of rotatable bonds is 25. The van der Waals surface area contributed by atoms with Crippen molar-refractivity contribution in [2.45, 2.75) is 42.8 Å². The number of hydrogen-bond donors (Lipinski definition) is 9. The highest BCUT2D eigenvalue weighted by molar-refractivity contribution is 7.89. The average Bonchev–Trinajstić information content (AvgIpc) is 1.23. The van der Waals surface area contributed by atoms with E-state index in [-0.39, 0.29) is 34.7 Å². The number of aliphatic hydroxyl groups excluding tert-OH is 2. The van der Waals surface area contributed by atoms with Gasteiger partial charge in [0.2, 0.25) is 20.0 Å². The standard InChI is InChI=1S/C21H21ClN4O2.2C21H20ClN3O4S.C20H14ClN5O/c1-14-16(7-9-20(25-14)24-11-12-28-2)21(27)26-15-6-8-18(22)17(13-15)19-5-3-4-10-23-19;2*1-14(26)13-24-30(28,29)17-8-5-15(6-9-17)21(27)25-16-7-10-19(22)18(12-16)20-4-2-3-11-23-20;21-17-7-6-15(12-16(17)18-4-1-2-9-22-18)25-20(27)14-5-8-19(23-13-14)26-11-3-10-24-26/h3-10,13H,11-12H2,1-2H3,(H,24,25)(H,26,27);2*2-12,14,24,26H,13H2,1H3,(H,25,27);1-13H,(H,25,27)/t;2*14-;/m.10./s1. The summed E-state index contributed by atoms with van der Waals surface area (Å²) in [4.78, 5) is 76.2. The molecule has 0 saturated carbocycles. The smallest absolute Gasteiger partial charge is 0.257 e. The van der Waals surface area contributed by atoms with E-state index in [9.17, 15) is 46.2 Å². The van der Waals surface area contributed by atoms with Crippen LogP contribution in [0.5, 0.6) is 0 Å². The van der Waals surface area contributed by atoms with E-state index >= 15 is 0 Å². The van der Waals surface area contributed by atoms with Crippen LogP contribution < -0.4 is 36.0 Å². The fourth-order valence-corrected chi connectivity index (χ4v) is 13.6. The molecule has 26 nitrogen and oxygen atoms in total. The molecule has 588 valence electrons. The van der Waals surface area contributed by atoms with E-state index < -0.39 is 44.1 Å². The number of methoxy groups -OCH3 is 1. The predicted molar refractivity (Wildman–Crippen MR) is 448 cm³/mol. The lowest BCUT2D eigenvalue weighted by molar-refractivity contribution is 0.101. The lowest BCUT2D eigenvalue weighted by Crippen LogP contribution is -2.30. The molecule has 9 N–H and O–H groups in total. The summed E-state index contributed by atoms with van der Waals surface area (Å²) in [6.07, 6.45) is 10.1. The Kier molecular flexibility index (Phi) is 30.5. The summed E-state index contributed by atoms with van der Waals surface area (Å²) < 4.78 is 59.9. The van der Waals surface area contributed by atoms with Gasteiger partial charge in [0.15, 0.2) is 5.82 Å². The van der Waals surface area contributed by atoms with Gasteiger partial charge in [-0.05, 0) is 221 Å². The van der Waals surface area contributed by atoms with Gasteiger partial charge in [-0.3, -0.25) is 39.1 Å². The van der Waals surface area contributed by atoms with Crippen LogP contribution in [0, 0.1) is 6.92 Å². The van der Waals surface area contributed by atoms with Crippen molar-refractivity contribution in [2.75, 3.05) is 59.9 Å². The van der Waals surface area contributed by atoms with E-state index in [2.05, 4.69) is 71.0 Å². The van der Waals surface area contributed by atoms with Gasteiger partial charge in [-0.15, -0.1) is 0 Å². The molecule has 115 heavy (non-hydrogen) atoms. The Morgan fingerprint density at radius 2 is 0.817 bits per heavy atom. The number of ether oxygens (including phenoxy) is 1. The third kappa shape index (κ3) is 24.7. The number of carbonyl (C=O) groups is 4. The van der Waals surface area contributed by atoms with Crippen molar-refractivity contribution in [3.63, 3.8) is 0 Å². The molecule has 13 rings (SSSR count). The van der Waals surface area contributed by atoms with Gasteiger partial charge < -0.3 is 41.5 Å². The predicted octanol–water partition coefficient (Wildman–Crippen LogP) is 15.3. The van der Waals surface area contributed by atoms with E-state index in [0.717, 1.165) is 22.5 Å². The van der Waals surface area contributed by atoms with E-state index in [4.69, 9.17) is 51.1 Å². The molecular weight excluding hydrogens is 1590 g/mol. The Morgan fingerprint density at radius 3 is 1.14 bits per heavy atom. The number of carbonyl (C=O) groups excluding carboxylic acids is 4. The zero-order chi connectivity index (χ0) is 82.0. The van der Waals surface area contributed by atoms with Crippen LogP contribution in [0.3, 0.4) is 0 Å². The molecular formula is C83H75Cl4N15O11S2. The van der Waals surface area contributed by atoms with Crippen molar-refractivity contribution < 1.29 is 51.0 Å². The third-order valence-corrected chi connectivity index (χ3v) is 20.5. The molecule has 0 aliphatic rings. The number of pyridine rings is 6. The molecule has 0 unspecified atom stereocenters. The maximum Gasteiger partial charge on any atom is 0.257 e. The second-order valence-electron chi connectivity index (χ2n) is 25.0. The van der Waals surface area contributed by atoms with Crippen molar-refractivity contribution in [1.29, 1.82) is 0 Å². The first-order valence-electron chi connectivity index (χ1n) is 35.1. The first kappa shape index (κ1) is 85.4. The molecule has 6 aromatic carbocycles. The van der Waals surface area contributed by atoms with Crippen LogP contribution in [-0.2, 0) is 24.8 Å². The molecule has 0 spiro atoms. The Bertz CT molecular complexity index is 5520. The van der Waals surface area contributed by atoms with E-state index in [0.29, 0.717) is 118 Å². The molecule has 0 aliphatic carbocycles. The summed E-state index contributed by atoms with van der Waals surface area (Å²) in [5, 5.41) is 39.2. The van der Waals surface area contributed by atoms with E-state index in [1.54, 1.807) is 159 Å². The van der Waals surface area contributed by atoms with Crippen molar-refractivity contribution >= 4 is 119 Å². The number of nitrogens with one attached hydrogen (secondary N) is 7. The summed E-state index contributed by atoms with van der Waals surface area (Å²) in [6, 6.07) is 62.6. The van der Waals surface area contributed by atoms with Crippen molar-refractivity contribution in [1.82, 2.24) is 49.1 Å². The minimum atomic E-state index is -3.76. The minimum Gasteiger partial charge on any atom is -0.392 e. The number of sulfonamides is 2. The van der Waals surface area contributed by atoms with E-state index in [1.165, 1.54) is 68.6 Å². The van der Waals surface area contributed by atoms with Gasteiger partial charge in [-0.25, -0.2) is 40.9 Å². The van der Waals surface area contributed by atoms with Gasteiger partial charge in [-0.2, -0.15) is 5.10 Å². The number of aryl methyl sites for hydroxylation is 1. The average molecular weight is 1660 g/mol. The van der Waals surface area contributed by atoms with Gasteiger partial charge in [-0.1, -0.05) is 70.7 Å². The fraction of sp³-hybridized carbons (Fsp3) is 0.120. The molecule has 0 radical (unpaired) electrons. The number of amides is 4. The largest absolute Gasteiger partial charge is 0.392 e. The maximum atomic E-state index is 12.7. The number of aromatic nitrogens is 8. The fourth-order valence-electron chi connectivity index (χ4n) is 10.5. The number of hydrogen-bond acceptors (Lipinski definition) is 19. The number of benzene rings is 6. The molecule has 0 bridgehead atoms. The van der Waals surface area contributed by atoms with Gasteiger partial charge in [0.25, 0.3) is 23.6 Å². The highest BCUT2D eigenvalue weighted by atomic mass is 35.5. The molecule has 4 amide bonds. The second-order valence-corrected chi connectivity index (χ2v) is 30.2. The highest BCUT2D eigenvalue weighted by Crippen LogP contribution is 2.34.